The molecular formula is C25H37N5O2. The molecule has 1 saturated heterocycles. The molecule has 4 fully saturated rings. The van der Waals surface area contributed by atoms with Gasteiger partial charge in [-0.05, 0) is 63.2 Å². The summed E-state index contributed by atoms with van der Waals surface area (Å²) in [6.45, 7) is 9.77. The zero-order valence-corrected chi connectivity index (χ0v) is 19.2. The molecule has 7 nitrogen and oxygen atoms in total. The van der Waals surface area contributed by atoms with Crippen LogP contribution in [0.25, 0.3) is 0 Å². The highest BCUT2D eigenvalue weighted by atomic mass is 16.2. The predicted molar refractivity (Wildman–Crippen MR) is 125 cm³/mol. The van der Waals surface area contributed by atoms with E-state index < -0.39 is 5.66 Å². The molecular weight excluding hydrogens is 402 g/mol. The molecule has 3 unspecified atom stereocenters. The van der Waals surface area contributed by atoms with E-state index >= 15 is 0 Å². The van der Waals surface area contributed by atoms with E-state index in [1.165, 1.54) is 0 Å². The molecule has 4 atom stereocenters. The van der Waals surface area contributed by atoms with Crippen LogP contribution in [0.4, 0.5) is 5.69 Å². The molecule has 0 aromatic heterocycles. The van der Waals surface area contributed by atoms with E-state index in [1.54, 1.807) is 0 Å². The van der Waals surface area contributed by atoms with Crippen molar-refractivity contribution in [3.8, 4) is 0 Å². The third-order valence-electron chi connectivity index (χ3n) is 8.34. The molecule has 5 aliphatic rings. The van der Waals surface area contributed by atoms with Gasteiger partial charge in [0, 0.05) is 50.2 Å². The normalized spacial score (nSPS) is 32.3. The number of carbonyl (C=O) groups excluding carboxylic acids is 2. The minimum absolute atomic E-state index is 0.00710. The van der Waals surface area contributed by atoms with Crippen LogP contribution in [-0.4, -0.2) is 73.1 Å². The number of fused-ring (bicyclic) bond motifs is 3. The fourth-order valence-electron chi connectivity index (χ4n) is 6.44. The first kappa shape index (κ1) is 21.7. The minimum Gasteiger partial charge on any atom is -0.362 e. The SMILES string of the molecule is CCN1CCN(CCCNC(=O)C2CC3CCC2C[C@@]32NC(=O)c3ccccc3N2)CC1. The highest BCUT2D eigenvalue weighted by molar-refractivity contribution is 6.02. The second kappa shape index (κ2) is 9.02. The highest BCUT2D eigenvalue weighted by Gasteiger charge is 2.55. The summed E-state index contributed by atoms with van der Waals surface area (Å²) in [5.41, 5.74) is 1.24. The standard InChI is InChI=1S/C25H37N5O2/c1-2-29-12-14-30(15-13-29)11-5-10-26-23(31)21-16-19-9-8-18(21)17-25(19)27-22-7-4-3-6-20(22)24(32)28-25/h3-4,6-7,18-19,21,27H,2,5,8-17H2,1H3,(H,26,31)(H,28,32)/t18?,19?,21?,25-/m1/s1. The van der Waals surface area contributed by atoms with Crippen molar-refractivity contribution in [1.29, 1.82) is 0 Å². The van der Waals surface area contributed by atoms with Crippen LogP contribution in [0.5, 0.6) is 0 Å². The fourth-order valence-corrected chi connectivity index (χ4v) is 6.44. The number of para-hydroxylation sites is 1. The van der Waals surface area contributed by atoms with Crippen LogP contribution in [0.1, 0.15) is 49.4 Å². The maximum absolute atomic E-state index is 13.0. The van der Waals surface area contributed by atoms with Gasteiger partial charge in [-0.25, -0.2) is 0 Å². The van der Waals surface area contributed by atoms with E-state index in [9.17, 15) is 9.59 Å². The summed E-state index contributed by atoms with van der Waals surface area (Å²) in [5, 5.41) is 10.2. The summed E-state index contributed by atoms with van der Waals surface area (Å²) in [6.07, 6.45) is 4.83. The third-order valence-corrected chi connectivity index (χ3v) is 8.34. The largest absolute Gasteiger partial charge is 0.362 e. The maximum atomic E-state index is 13.0. The first-order chi connectivity index (χ1) is 15.6. The van der Waals surface area contributed by atoms with Crippen molar-refractivity contribution in [2.24, 2.45) is 17.8 Å². The lowest BCUT2D eigenvalue weighted by molar-refractivity contribution is -0.132. The molecule has 2 aliphatic heterocycles. The van der Waals surface area contributed by atoms with Crippen molar-refractivity contribution in [1.82, 2.24) is 20.4 Å². The summed E-state index contributed by atoms with van der Waals surface area (Å²) in [7, 11) is 0. The van der Waals surface area contributed by atoms with Crippen LogP contribution >= 0.6 is 0 Å². The molecule has 2 heterocycles. The van der Waals surface area contributed by atoms with Gasteiger partial charge >= 0.3 is 0 Å². The first-order valence-electron chi connectivity index (χ1n) is 12.5. The maximum Gasteiger partial charge on any atom is 0.255 e. The average Bonchev–Trinajstić information content (AvgIpc) is 2.82. The molecule has 0 radical (unpaired) electrons. The van der Waals surface area contributed by atoms with Gasteiger partial charge in [-0.2, -0.15) is 0 Å². The van der Waals surface area contributed by atoms with E-state index in [0.29, 0.717) is 11.5 Å². The van der Waals surface area contributed by atoms with Crippen LogP contribution in [0.2, 0.25) is 0 Å². The van der Waals surface area contributed by atoms with E-state index in [-0.39, 0.29) is 23.7 Å². The van der Waals surface area contributed by atoms with Gasteiger partial charge in [-0.1, -0.05) is 19.1 Å². The number of piperazine rings is 1. The molecule has 1 spiro atoms. The molecule has 3 aliphatic carbocycles. The van der Waals surface area contributed by atoms with E-state index in [4.69, 9.17) is 0 Å². The number of carbonyl (C=O) groups is 2. The van der Waals surface area contributed by atoms with Gasteiger partial charge in [0.2, 0.25) is 5.91 Å². The van der Waals surface area contributed by atoms with Crippen LogP contribution < -0.4 is 16.0 Å². The number of likely N-dealkylation sites (N-methyl/N-ethyl adjacent to an activating group) is 1. The summed E-state index contributed by atoms with van der Waals surface area (Å²) < 4.78 is 0. The smallest absolute Gasteiger partial charge is 0.255 e. The second-order valence-electron chi connectivity index (χ2n) is 10.1. The van der Waals surface area contributed by atoms with Crippen molar-refractivity contribution in [2.75, 3.05) is 51.1 Å². The lowest BCUT2D eigenvalue weighted by Crippen LogP contribution is -2.68. The Bertz CT molecular complexity index is 852. The van der Waals surface area contributed by atoms with E-state index in [0.717, 1.165) is 83.6 Å². The Kier molecular flexibility index (Phi) is 6.12. The Morgan fingerprint density at radius 2 is 1.91 bits per heavy atom. The topological polar surface area (TPSA) is 76.7 Å². The molecule has 1 aromatic carbocycles. The molecule has 1 aromatic rings. The summed E-state index contributed by atoms with van der Waals surface area (Å²) in [5.74, 6) is 0.902. The van der Waals surface area contributed by atoms with Crippen molar-refractivity contribution in [3.05, 3.63) is 29.8 Å². The number of amides is 2. The third kappa shape index (κ3) is 4.13. The quantitative estimate of drug-likeness (QED) is 0.592. The highest BCUT2D eigenvalue weighted by Crippen LogP contribution is 2.51. The number of nitrogens with one attached hydrogen (secondary N) is 3. The Labute approximate surface area is 191 Å². The minimum atomic E-state index is -0.397. The second-order valence-corrected chi connectivity index (χ2v) is 10.1. The van der Waals surface area contributed by atoms with Gasteiger partial charge in [0.25, 0.3) is 5.91 Å². The number of rotatable bonds is 6. The lowest BCUT2D eigenvalue weighted by Gasteiger charge is -2.56. The van der Waals surface area contributed by atoms with E-state index in [2.05, 4.69) is 32.7 Å². The van der Waals surface area contributed by atoms with Gasteiger partial charge in [-0.3, -0.25) is 9.59 Å². The van der Waals surface area contributed by atoms with Crippen LogP contribution in [-0.2, 0) is 4.79 Å². The van der Waals surface area contributed by atoms with Crippen LogP contribution in [0.15, 0.2) is 24.3 Å². The van der Waals surface area contributed by atoms with Crippen molar-refractivity contribution < 1.29 is 9.59 Å². The lowest BCUT2D eigenvalue weighted by atomic mass is 9.58. The van der Waals surface area contributed by atoms with Crippen LogP contribution in [0.3, 0.4) is 0 Å². The molecule has 7 heteroatoms. The molecule has 3 N–H and O–H groups in total. The number of anilines is 1. The van der Waals surface area contributed by atoms with Crippen molar-refractivity contribution >= 4 is 17.5 Å². The number of nitrogens with zero attached hydrogens (tertiary/aromatic N) is 2. The van der Waals surface area contributed by atoms with Gasteiger partial charge in [-0.15, -0.1) is 0 Å². The zero-order valence-electron chi connectivity index (χ0n) is 19.2. The summed E-state index contributed by atoms with van der Waals surface area (Å²) in [6, 6.07) is 7.73. The number of benzene rings is 1. The predicted octanol–water partition coefficient (Wildman–Crippen LogP) is 2.12. The van der Waals surface area contributed by atoms with Crippen molar-refractivity contribution in [3.63, 3.8) is 0 Å². The molecule has 2 bridgehead atoms. The average molecular weight is 440 g/mol. The summed E-state index contributed by atoms with van der Waals surface area (Å²) in [4.78, 5) is 30.8. The zero-order chi connectivity index (χ0) is 22.1. The monoisotopic (exact) mass is 439 g/mol. The van der Waals surface area contributed by atoms with Gasteiger partial charge in [0.15, 0.2) is 0 Å². The van der Waals surface area contributed by atoms with E-state index in [1.807, 2.05) is 24.3 Å². The number of hydrogen-bond acceptors (Lipinski definition) is 5. The molecule has 174 valence electrons. The first-order valence-corrected chi connectivity index (χ1v) is 12.5. The Hall–Kier alpha value is -2.12. The fraction of sp³-hybridized carbons (Fsp3) is 0.680. The Morgan fingerprint density at radius 3 is 2.66 bits per heavy atom. The molecule has 2 amide bonds. The number of hydrogen-bond donors (Lipinski definition) is 3. The van der Waals surface area contributed by atoms with Gasteiger partial charge in [0.05, 0.1) is 5.56 Å². The van der Waals surface area contributed by atoms with Crippen molar-refractivity contribution in [2.45, 2.75) is 44.7 Å². The van der Waals surface area contributed by atoms with Gasteiger partial charge in [0.1, 0.15) is 5.66 Å². The molecule has 6 rings (SSSR count). The molecule has 3 saturated carbocycles. The Morgan fingerprint density at radius 1 is 1.12 bits per heavy atom. The molecule has 32 heavy (non-hydrogen) atoms. The summed E-state index contributed by atoms with van der Waals surface area (Å²) >= 11 is 0. The Balaban J connectivity index is 1.12. The van der Waals surface area contributed by atoms with Crippen LogP contribution in [0, 0.1) is 17.8 Å². The van der Waals surface area contributed by atoms with Gasteiger partial charge < -0.3 is 25.8 Å².